The predicted molar refractivity (Wildman–Crippen MR) is 207 cm³/mol. The molecule has 0 radical (unpaired) electrons. The quantitative estimate of drug-likeness (QED) is 0.175. The van der Waals surface area contributed by atoms with Crippen molar-refractivity contribution >= 4 is 81.2 Å². The van der Waals surface area contributed by atoms with Crippen LogP contribution >= 0.6 is 11.3 Å². The average molecular weight is 645 g/mol. The first kappa shape index (κ1) is 27.8. The zero-order valence-corrected chi connectivity index (χ0v) is 27.2. The Balaban J connectivity index is 1.07. The van der Waals surface area contributed by atoms with Crippen LogP contribution in [-0.2, 0) is 0 Å². The number of nitrogens with zero attached hydrogens (tertiary/aromatic N) is 2. The molecule has 0 aliphatic heterocycles. The first-order valence-electron chi connectivity index (χ1n) is 16.5. The second kappa shape index (κ2) is 11.2. The standard InChI is InChI=1S/C45H28N2OS/c1-3-9-32(10-4-1)45-46-40-26-21-31-17-15-30-16-18-33(27-39(30)43(31)44(40)48-45)29-19-22-35(23-20-29)47(34-11-5-2-6-12-34)36-24-25-38-37-13-7-8-14-41(37)49-42(38)28-36/h1-28H. The summed E-state index contributed by atoms with van der Waals surface area (Å²) in [6, 6.07) is 60.4. The Labute approximate surface area is 286 Å². The summed E-state index contributed by atoms with van der Waals surface area (Å²) in [6.07, 6.45) is 0. The van der Waals surface area contributed by atoms with E-state index in [-0.39, 0.29) is 0 Å². The summed E-state index contributed by atoms with van der Waals surface area (Å²) < 4.78 is 9.08. The van der Waals surface area contributed by atoms with Crippen LogP contribution < -0.4 is 4.90 Å². The second-order valence-corrected chi connectivity index (χ2v) is 13.5. The van der Waals surface area contributed by atoms with Crippen molar-refractivity contribution in [2.75, 3.05) is 4.90 Å². The molecule has 0 saturated heterocycles. The van der Waals surface area contributed by atoms with Crippen LogP contribution in [0.3, 0.4) is 0 Å². The SMILES string of the molecule is c1ccc(-c2nc3ccc4ccc5ccc(-c6ccc(N(c7ccccc7)c7ccc8c(c7)sc7ccccc78)cc6)cc5c4c3o2)cc1. The maximum absolute atomic E-state index is 6.48. The van der Waals surface area contributed by atoms with E-state index in [1.54, 1.807) is 0 Å². The average Bonchev–Trinajstić information content (AvgIpc) is 3.77. The Morgan fingerprint density at radius 3 is 1.96 bits per heavy atom. The van der Waals surface area contributed by atoms with E-state index in [1.165, 1.54) is 25.6 Å². The van der Waals surface area contributed by atoms with Gasteiger partial charge in [-0.3, -0.25) is 0 Å². The first-order chi connectivity index (χ1) is 24.3. The highest BCUT2D eigenvalue weighted by Crippen LogP contribution is 2.41. The van der Waals surface area contributed by atoms with E-state index in [9.17, 15) is 0 Å². The lowest BCUT2D eigenvalue weighted by Gasteiger charge is -2.25. The van der Waals surface area contributed by atoms with Crippen molar-refractivity contribution in [3.8, 4) is 22.6 Å². The van der Waals surface area contributed by atoms with Gasteiger partial charge < -0.3 is 9.32 Å². The normalized spacial score (nSPS) is 11.7. The van der Waals surface area contributed by atoms with Gasteiger partial charge in [0.15, 0.2) is 5.58 Å². The molecule has 2 heterocycles. The number of thiophene rings is 1. The van der Waals surface area contributed by atoms with Crippen molar-refractivity contribution < 1.29 is 4.42 Å². The van der Waals surface area contributed by atoms with Crippen molar-refractivity contribution in [3.63, 3.8) is 0 Å². The number of para-hydroxylation sites is 1. The Bertz CT molecular complexity index is 2820. The number of hydrogen-bond acceptors (Lipinski definition) is 4. The Morgan fingerprint density at radius 1 is 0.449 bits per heavy atom. The largest absolute Gasteiger partial charge is 0.435 e. The molecule has 4 heteroatoms. The molecule has 0 atom stereocenters. The predicted octanol–water partition coefficient (Wildman–Crippen LogP) is 13.3. The second-order valence-electron chi connectivity index (χ2n) is 12.4. The molecule has 0 fully saturated rings. The third-order valence-electron chi connectivity index (χ3n) is 9.47. The summed E-state index contributed by atoms with van der Waals surface area (Å²) in [6.45, 7) is 0. The van der Waals surface area contributed by atoms with Crippen LogP contribution in [0.1, 0.15) is 0 Å². The van der Waals surface area contributed by atoms with Gasteiger partial charge in [0.2, 0.25) is 5.89 Å². The zero-order valence-electron chi connectivity index (χ0n) is 26.4. The van der Waals surface area contributed by atoms with Crippen LogP contribution in [0.25, 0.3) is 75.4 Å². The van der Waals surface area contributed by atoms with Crippen LogP contribution in [0.15, 0.2) is 174 Å². The van der Waals surface area contributed by atoms with E-state index < -0.39 is 0 Å². The van der Waals surface area contributed by atoms with Gasteiger partial charge in [0.05, 0.1) is 0 Å². The molecule has 230 valence electrons. The van der Waals surface area contributed by atoms with Crippen molar-refractivity contribution in [1.29, 1.82) is 0 Å². The number of anilines is 3. The molecule has 10 aromatic rings. The van der Waals surface area contributed by atoms with E-state index >= 15 is 0 Å². The van der Waals surface area contributed by atoms with E-state index in [4.69, 9.17) is 9.40 Å². The minimum absolute atomic E-state index is 0.640. The third kappa shape index (κ3) is 4.68. The van der Waals surface area contributed by atoms with Crippen LogP contribution in [-0.4, -0.2) is 4.98 Å². The fourth-order valence-corrected chi connectivity index (χ4v) is 8.23. The number of oxazole rings is 1. The summed E-state index contributed by atoms with van der Waals surface area (Å²) in [5, 5.41) is 7.17. The molecule has 0 aliphatic carbocycles. The van der Waals surface area contributed by atoms with E-state index in [0.29, 0.717) is 5.89 Å². The molecule has 10 rings (SSSR count). The Morgan fingerprint density at radius 2 is 1.10 bits per heavy atom. The van der Waals surface area contributed by atoms with Crippen LogP contribution in [0.4, 0.5) is 17.1 Å². The van der Waals surface area contributed by atoms with Gasteiger partial charge in [-0.1, -0.05) is 103 Å². The van der Waals surface area contributed by atoms with E-state index in [1.807, 2.05) is 41.7 Å². The number of aromatic nitrogens is 1. The summed E-state index contributed by atoms with van der Waals surface area (Å²) in [5.74, 6) is 0.640. The number of hydrogen-bond donors (Lipinski definition) is 0. The van der Waals surface area contributed by atoms with Gasteiger partial charge in [0.1, 0.15) is 5.52 Å². The van der Waals surface area contributed by atoms with Crippen LogP contribution in [0.5, 0.6) is 0 Å². The molecular formula is C45H28N2OS. The highest BCUT2D eigenvalue weighted by Gasteiger charge is 2.16. The van der Waals surface area contributed by atoms with Crippen LogP contribution in [0.2, 0.25) is 0 Å². The summed E-state index contributed by atoms with van der Waals surface area (Å²) >= 11 is 1.85. The topological polar surface area (TPSA) is 29.3 Å². The van der Waals surface area contributed by atoms with Gasteiger partial charge in [-0.15, -0.1) is 11.3 Å². The molecule has 2 aromatic heterocycles. The molecule has 3 nitrogen and oxygen atoms in total. The molecule has 0 unspecified atom stereocenters. The molecule has 8 aromatic carbocycles. The molecule has 0 aliphatic rings. The lowest BCUT2D eigenvalue weighted by Crippen LogP contribution is -2.09. The van der Waals surface area contributed by atoms with Crippen LogP contribution in [0, 0.1) is 0 Å². The maximum atomic E-state index is 6.48. The fourth-order valence-electron chi connectivity index (χ4n) is 7.09. The summed E-state index contributed by atoms with van der Waals surface area (Å²) in [5.41, 5.74) is 8.35. The van der Waals surface area contributed by atoms with Gasteiger partial charge in [-0.25, -0.2) is 4.98 Å². The zero-order chi connectivity index (χ0) is 32.3. The fraction of sp³-hybridized carbons (Fsp3) is 0. The van der Waals surface area contributed by atoms with Gasteiger partial charge in [0.25, 0.3) is 0 Å². The highest BCUT2D eigenvalue weighted by atomic mass is 32.1. The minimum atomic E-state index is 0.640. The summed E-state index contributed by atoms with van der Waals surface area (Å²) in [4.78, 5) is 7.19. The van der Waals surface area contributed by atoms with E-state index in [2.05, 4.69) is 144 Å². The Kier molecular flexibility index (Phi) is 6.36. The van der Waals surface area contributed by atoms with E-state index in [0.717, 1.165) is 61.0 Å². The molecule has 0 N–H and O–H groups in total. The molecule has 0 bridgehead atoms. The highest BCUT2D eigenvalue weighted by molar-refractivity contribution is 7.25. The monoisotopic (exact) mass is 644 g/mol. The van der Waals surface area contributed by atoms with Crippen molar-refractivity contribution in [2.24, 2.45) is 0 Å². The third-order valence-corrected chi connectivity index (χ3v) is 10.6. The molecule has 0 spiro atoms. The summed E-state index contributed by atoms with van der Waals surface area (Å²) in [7, 11) is 0. The molecule has 0 saturated carbocycles. The lowest BCUT2D eigenvalue weighted by molar-refractivity contribution is 0.623. The van der Waals surface area contributed by atoms with Gasteiger partial charge in [-0.05, 0) is 94.0 Å². The molecule has 0 amide bonds. The minimum Gasteiger partial charge on any atom is -0.435 e. The van der Waals surface area contributed by atoms with Crippen molar-refractivity contribution in [1.82, 2.24) is 4.98 Å². The maximum Gasteiger partial charge on any atom is 0.227 e. The number of rotatable bonds is 5. The first-order valence-corrected chi connectivity index (χ1v) is 17.3. The van der Waals surface area contributed by atoms with Crippen molar-refractivity contribution in [2.45, 2.75) is 0 Å². The van der Waals surface area contributed by atoms with Crippen molar-refractivity contribution in [3.05, 3.63) is 170 Å². The molecule has 49 heavy (non-hydrogen) atoms. The number of benzene rings is 8. The lowest BCUT2D eigenvalue weighted by atomic mass is 9.96. The Hall–Kier alpha value is -6.23. The van der Waals surface area contributed by atoms with Gasteiger partial charge in [0, 0.05) is 48.2 Å². The van der Waals surface area contributed by atoms with Gasteiger partial charge in [-0.2, -0.15) is 0 Å². The molecular weight excluding hydrogens is 617 g/mol. The number of fused-ring (bicyclic) bond motifs is 8. The van der Waals surface area contributed by atoms with Gasteiger partial charge >= 0.3 is 0 Å². The smallest absolute Gasteiger partial charge is 0.227 e.